The molecule has 1 heteroatoms. The first-order valence-corrected chi connectivity index (χ1v) is 11.6. The molecule has 5 rings (SSSR count). The Bertz CT molecular complexity index is 1230. The van der Waals surface area contributed by atoms with Crippen molar-refractivity contribution in [2.75, 3.05) is 7.11 Å². The van der Waals surface area contributed by atoms with Gasteiger partial charge in [-0.05, 0) is 39.9 Å². The van der Waals surface area contributed by atoms with Crippen molar-refractivity contribution in [1.29, 1.82) is 0 Å². The number of benzene rings is 5. The minimum Gasteiger partial charge on any atom is -0.496 e. The standard InChI is InChI=1S/C33H27O/c1-34-30-24-14-23-29(31(25-15-6-2-7-16-25)26-17-8-3-9-18-26)33(30)32(27-19-10-4-11-20-27)28-21-12-5-13-22-28/h2-22,24,31-32H,1H3. The molecule has 0 aliphatic carbocycles. The van der Waals surface area contributed by atoms with Crippen LogP contribution >= 0.6 is 0 Å². The van der Waals surface area contributed by atoms with Crippen molar-refractivity contribution in [2.45, 2.75) is 11.8 Å². The van der Waals surface area contributed by atoms with Crippen molar-refractivity contribution in [3.8, 4) is 5.75 Å². The van der Waals surface area contributed by atoms with Crippen molar-refractivity contribution in [3.05, 3.63) is 173 Å². The fourth-order valence-electron chi connectivity index (χ4n) is 4.86. The van der Waals surface area contributed by atoms with Crippen LogP contribution < -0.4 is 4.74 Å². The number of ether oxygens (including phenoxy) is 1. The zero-order valence-electron chi connectivity index (χ0n) is 19.3. The maximum absolute atomic E-state index is 6.01. The Hall–Kier alpha value is -4.10. The van der Waals surface area contributed by atoms with Crippen LogP contribution in [0.3, 0.4) is 0 Å². The van der Waals surface area contributed by atoms with Crippen molar-refractivity contribution in [1.82, 2.24) is 0 Å². The lowest BCUT2D eigenvalue weighted by Gasteiger charge is -2.28. The summed E-state index contributed by atoms with van der Waals surface area (Å²) >= 11 is 0. The van der Waals surface area contributed by atoms with Gasteiger partial charge in [-0.1, -0.05) is 127 Å². The third-order valence-electron chi connectivity index (χ3n) is 6.36. The van der Waals surface area contributed by atoms with Crippen LogP contribution in [0.1, 0.15) is 45.2 Å². The molecule has 1 nitrogen and oxygen atoms in total. The highest BCUT2D eigenvalue weighted by atomic mass is 16.5. The Labute approximate surface area is 202 Å². The van der Waals surface area contributed by atoms with Gasteiger partial charge in [-0.15, -0.1) is 0 Å². The van der Waals surface area contributed by atoms with Gasteiger partial charge in [0.1, 0.15) is 5.75 Å². The van der Waals surface area contributed by atoms with E-state index >= 15 is 0 Å². The molecule has 0 aromatic heterocycles. The summed E-state index contributed by atoms with van der Waals surface area (Å²) in [6.45, 7) is 0. The second-order valence-electron chi connectivity index (χ2n) is 8.38. The molecule has 0 spiro atoms. The van der Waals surface area contributed by atoms with E-state index in [1.165, 1.54) is 22.3 Å². The zero-order chi connectivity index (χ0) is 23.2. The van der Waals surface area contributed by atoms with Crippen LogP contribution in [0.2, 0.25) is 0 Å². The van der Waals surface area contributed by atoms with Gasteiger partial charge in [-0.2, -0.15) is 0 Å². The normalized spacial score (nSPS) is 11.0. The number of hydrogen-bond donors (Lipinski definition) is 0. The molecule has 0 bridgehead atoms. The zero-order valence-corrected chi connectivity index (χ0v) is 19.3. The van der Waals surface area contributed by atoms with Crippen LogP contribution in [0, 0.1) is 6.07 Å². The molecular formula is C33H27O. The van der Waals surface area contributed by atoms with E-state index in [1.807, 2.05) is 12.1 Å². The van der Waals surface area contributed by atoms with E-state index in [9.17, 15) is 0 Å². The summed E-state index contributed by atoms with van der Waals surface area (Å²) in [7, 11) is 1.76. The molecule has 5 aromatic carbocycles. The molecule has 0 unspecified atom stereocenters. The summed E-state index contributed by atoms with van der Waals surface area (Å²) < 4.78 is 6.01. The fraction of sp³-hybridized carbons (Fsp3) is 0.0909. The van der Waals surface area contributed by atoms with Crippen molar-refractivity contribution in [3.63, 3.8) is 0 Å². The highest BCUT2D eigenvalue weighted by molar-refractivity contribution is 5.57. The average molecular weight is 440 g/mol. The molecule has 34 heavy (non-hydrogen) atoms. The lowest BCUT2D eigenvalue weighted by molar-refractivity contribution is 0.408. The second kappa shape index (κ2) is 10.2. The van der Waals surface area contributed by atoms with E-state index in [0.29, 0.717) is 0 Å². The Kier molecular flexibility index (Phi) is 6.54. The molecule has 0 aliphatic rings. The van der Waals surface area contributed by atoms with Crippen LogP contribution in [-0.4, -0.2) is 7.11 Å². The largest absolute Gasteiger partial charge is 0.496 e. The maximum Gasteiger partial charge on any atom is 0.123 e. The first kappa shape index (κ1) is 21.7. The highest BCUT2D eigenvalue weighted by Gasteiger charge is 2.28. The van der Waals surface area contributed by atoms with Crippen LogP contribution in [0.5, 0.6) is 5.75 Å². The van der Waals surface area contributed by atoms with Gasteiger partial charge in [0.05, 0.1) is 7.11 Å². The van der Waals surface area contributed by atoms with Crippen LogP contribution in [0.25, 0.3) is 0 Å². The van der Waals surface area contributed by atoms with Gasteiger partial charge < -0.3 is 4.74 Å². The molecule has 0 aliphatic heterocycles. The first-order valence-electron chi connectivity index (χ1n) is 11.6. The lowest BCUT2D eigenvalue weighted by atomic mass is 9.76. The molecule has 0 N–H and O–H groups in total. The van der Waals surface area contributed by atoms with Gasteiger partial charge in [-0.25, -0.2) is 0 Å². The van der Waals surface area contributed by atoms with Crippen molar-refractivity contribution in [2.24, 2.45) is 0 Å². The summed E-state index contributed by atoms with van der Waals surface area (Å²) in [5.74, 6) is 0.922. The average Bonchev–Trinajstić information content (AvgIpc) is 2.92. The quantitative estimate of drug-likeness (QED) is 0.235. The van der Waals surface area contributed by atoms with Crippen molar-refractivity contribution >= 4 is 0 Å². The summed E-state index contributed by atoms with van der Waals surface area (Å²) in [6.07, 6.45) is 0. The third kappa shape index (κ3) is 4.38. The van der Waals surface area contributed by atoms with E-state index in [0.717, 1.165) is 16.9 Å². The predicted molar refractivity (Wildman–Crippen MR) is 139 cm³/mol. The second-order valence-corrected chi connectivity index (χ2v) is 8.38. The monoisotopic (exact) mass is 439 g/mol. The first-order chi connectivity index (χ1) is 16.9. The molecule has 0 atom stereocenters. The molecule has 0 saturated carbocycles. The molecule has 1 radical (unpaired) electrons. The molecule has 0 amide bonds. The number of rotatable bonds is 7. The minimum atomic E-state index is 0.0136. The van der Waals surface area contributed by atoms with Crippen LogP contribution in [-0.2, 0) is 0 Å². The summed E-state index contributed by atoms with van der Waals surface area (Å²) in [6, 6.07) is 50.4. The van der Waals surface area contributed by atoms with E-state index < -0.39 is 0 Å². The van der Waals surface area contributed by atoms with Gasteiger partial charge in [0.15, 0.2) is 0 Å². The van der Waals surface area contributed by atoms with Gasteiger partial charge in [0.2, 0.25) is 0 Å². The van der Waals surface area contributed by atoms with Crippen molar-refractivity contribution < 1.29 is 4.74 Å². The predicted octanol–water partition coefficient (Wildman–Crippen LogP) is 7.86. The minimum absolute atomic E-state index is 0.0136. The van der Waals surface area contributed by atoms with E-state index in [2.05, 4.69) is 127 Å². The van der Waals surface area contributed by atoms with E-state index in [1.54, 1.807) is 7.11 Å². The highest BCUT2D eigenvalue weighted by Crippen LogP contribution is 2.44. The molecular weight excluding hydrogens is 412 g/mol. The van der Waals surface area contributed by atoms with Gasteiger partial charge in [-0.3, -0.25) is 0 Å². The van der Waals surface area contributed by atoms with Gasteiger partial charge in [0.25, 0.3) is 0 Å². The summed E-state index contributed by atoms with van der Waals surface area (Å²) in [5, 5.41) is 0. The smallest absolute Gasteiger partial charge is 0.123 e. The summed E-state index contributed by atoms with van der Waals surface area (Å²) in [4.78, 5) is 0. The molecule has 0 fully saturated rings. The van der Waals surface area contributed by atoms with Gasteiger partial charge >= 0.3 is 0 Å². The molecule has 165 valence electrons. The third-order valence-corrected chi connectivity index (χ3v) is 6.36. The van der Waals surface area contributed by atoms with Crippen LogP contribution in [0.15, 0.2) is 133 Å². The Morgan fingerprint density at radius 3 is 1.26 bits per heavy atom. The van der Waals surface area contributed by atoms with Gasteiger partial charge in [0, 0.05) is 17.4 Å². The topological polar surface area (TPSA) is 9.23 Å². The Balaban J connectivity index is 1.81. The molecule has 0 heterocycles. The van der Waals surface area contributed by atoms with Crippen LogP contribution in [0.4, 0.5) is 0 Å². The number of methoxy groups -OCH3 is 1. The van der Waals surface area contributed by atoms with E-state index in [-0.39, 0.29) is 11.8 Å². The Morgan fingerprint density at radius 2 is 0.882 bits per heavy atom. The molecule has 5 aromatic rings. The number of hydrogen-bond acceptors (Lipinski definition) is 1. The Morgan fingerprint density at radius 1 is 0.500 bits per heavy atom. The maximum atomic E-state index is 6.01. The van der Waals surface area contributed by atoms with E-state index in [4.69, 9.17) is 4.74 Å². The fourth-order valence-corrected chi connectivity index (χ4v) is 4.86. The lowest BCUT2D eigenvalue weighted by Crippen LogP contribution is -2.13. The summed E-state index contributed by atoms with van der Waals surface area (Å²) in [5.41, 5.74) is 7.22. The molecule has 0 saturated heterocycles. The SMILES string of the molecule is COc1cc[c]c(C(c2ccccc2)c2ccccc2)c1C(c1ccccc1)c1ccccc1.